The minimum Gasteiger partial charge on any atom is -0.456 e. The summed E-state index contributed by atoms with van der Waals surface area (Å²) < 4.78 is 11.0. The van der Waals surface area contributed by atoms with E-state index in [0.717, 1.165) is 76.2 Å². The molecule has 5 heteroatoms. The molecule has 0 bridgehead atoms. The van der Waals surface area contributed by atoms with Crippen LogP contribution in [0.25, 0.3) is 125 Å². The van der Waals surface area contributed by atoms with Crippen LogP contribution in [0.4, 0.5) is 0 Å². The first-order chi connectivity index (χ1) is 28.3. The highest BCUT2D eigenvalue weighted by Crippen LogP contribution is 2.47. The Hall–Kier alpha value is -7.34. The van der Waals surface area contributed by atoms with Crippen molar-refractivity contribution in [2.45, 2.75) is 0 Å². The average Bonchev–Trinajstić information content (AvgIpc) is 3.96. The summed E-state index contributed by atoms with van der Waals surface area (Å²) in [5.41, 5.74) is 9.17. The summed E-state index contributed by atoms with van der Waals surface area (Å²) >= 11 is 1.80. The van der Waals surface area contributed by atoms with Gasteiger partial charge in [0, 0.05) is 42.6 Å². The second kappa shape index (κ2) is 11.6. The molecule has 0 aliphatic rings. The molecule has 0 N–H and O–H groups in total. The molecule has 0 aliphatic heterocycles. The molecule has 0 spiro atoms. The molecule has 4 aromatic heterocycles. The number of aromatic nitrogens is 3. The molecule has 57 heavy (non-hydrogen) atoms. The zero-order valence-corrected chi connectivity index (χ0v) is 31.2. The van der Waals surface area contributed by atoms with Crippen LogP contribution < -0.4 is 0 Å². The van der Waals surface area contributed by atoms with Gasteiger partial charge in [0.05, 0.1) is 26.9 Å². The molecule has 13 rings (SSSR count). The average molecular weight is 744 g/mol. The van der Waals surface area contributed by atoms with Crippen LogP contribution in [0, 0.1) is 0 Å². The quantitative estimate of drug-likeness (QED) is 0.169. The number of hydrogen-bond acceptors (Lipinski definition) is 4. The van der Waals surface area contributed by atoms with Crippen LogP contribution >= 0.6 is 11.3 Å². The van der Waals surface area contributed by atoms with Crippen molar-refractivity contribution >= 4 is 108 Å². The van der Waals surface area contributed by atoms with Gasteiger partial charge in [-0.15, -0.1) is 11.3 Å². The largest absolute Gasteiger partial charge is 0.456 e. The molecule has 0 radical (unpaired) electrons. The Bertz CT molecular complexity index is 3820. The Morgan fingerprint density at radius 3 is 1.95 bits per heavy atom. The van der Waals surface area contributed by atoms with Gasteiger partial charge in [0.1, 0.15) is 11.2 Å². The van der Waals surface area contributed by atoms with E-state index < -0.39 is 0 Å². The number of thiophene rings is 1. The lowest BCUT2D eigenvalue weighted by molar-refractivity contribution is 0.669. The fourth-order valence-corrected chi connectivity index (χ4v) is 10.6. The van der Waals surface area contributed by atoms with Gasteiger partial charge in [-0.3, -0.25) is 4.57 Å². The normalized spacial score (nSPS) is 12.2. The van der Waals surface area contributed by atoms with Gasteiger partial charge in [-0.2, -0.15) is 0 Å². The number of furan rings is 1. The summed E-state index contributed by atoms with van der Waals surface area (Å²) in [5, 5.41) is 13.0. The number of rotatable bonds is 3. The van der Waals surface area contributed by atoms with Crippen LogP contribution in [0.3, 0.4) is 0 Å². The zero-order valence-electron chi connectivity index (χ0n) is 30.4. The van der Waals surface area contributed by atoms with E-state index in [1.165, 1.54) is 42.6 Å². The molecule has 0 amide bonds. The Kier molecular flexibility index (Phi) is 6.29. The number of benzene rings is 9. The Balaban J connectivity index is 1.20. The van der Waals surface area contributed by atoms with Crippen LogP contribution in [0.5, 0.6) is 0 Å². The standard InChI is InChI=1S/C52H29N3OS/c1-2-13-30(14-3-1)31-15-12-16-33(27-31)48-51-49(47-37-20-6-4-17-34(37)35-18-5-7-21-38(35)50(47)57-51)54-52(53-48)55-42-23-10-8-19-36(42)41-28-32-25-26-45-46(40(32)29-43(41)55)39-22-9-11-24-44(39)56-45/h1-29H. The minimum absolute atomic E-state index is 0.648. The zero-order chi connectivity index (χ0) is 37.2. The van der Waals surface area contributed by atoms with Gasteiger partial charge in [0.2, 0.25) is 5.95 Å². The van der Waals surface area contributed by atoms with Gasteiger partial charge in [-0.25, -0.2) is 9.97 Å². The SMILES string of the molecule is c1ccc(-c2cccc(-c3nc(-n4c5ccccc5c5cc6ccc7oc8ccccc8c7c6cc54)nc4c3sc3c5ccccc5c5ccccc5c43)c2)cc1. The number of fused-ring (bicyclic) bond motifs is 16. The van der Waals surface area contributed by atoms with Gasteiger partial charge in [0.25, 0.3) is 0 Å². The van der Waals surface area contributed by atoms with Crippen LogP contribution in [0.2, 0.25) is 0 Å². The maximum absolute atomic E-state index is 6.37. The van der Waals surface area contributed by atoms with Gasteiger partial charge < -0.3 is 4.42 Å². The smallest absolute Gasteiger partial charge is 0.235 e. The van der Waals surface area contributed by atoms with Crippen molar-refractivity contribution in [2.75, 3.05) is 0 Å². The second-order valence-corrected chi connectivity index (χ2v) is 15.9. The fourth-order valence-electron chi connectivity index (χ4n) is 9.26. The topological polar surface area (TPSA) is 43.9 Å². The predicted molar refractivity (Wildman–Crippen MR) is 240 cm³/mol. The minimum atomic E-state index is 0.648. The number of para-hydroxylation sites is 2. The third-order valence-electron chi connectivity index (χ3n) is 11.8. The van der Waals surface area contributed by atoms with Crippen molar-refractivity contribution in [2.24, 2.45) is 0 Å². The molecule has 0 atom stereocenters. The highest BCUT2D eigenvalue weighted by atomic mass is 32.1. The third-order valence-corrected chi connectivity index (χ3v) is 13.0. The molecule has 9 aromatic carbocycles. The van der Waals surface area contributed by atoms with Crippen molar-refractivity contribution in [3.8, 4) is 28.3 Å². The maximum Gasteiger partial charge on any atom is 0.235 e. The summed E-state index contributed by atoms with van der Waals surface area (Å²) in [6.07, 6.45) is 0. The van der Waals surface area contributed by atoms with Crippen molar-refractivity contribution in [3.05, 3.63) is 176 Å². The van der Waals surface area contributed by atoms with E-state index in [-0.39, 0.29) is 0 Å². The van der Waals surface area contributed by atoms with E-state index in [1.807, 2.05) is 12.1 Å². The lowest BCUT2D eigenvalue weighted by Gasteiger charge is -2.12. The summed E-state index contributed by atoms with van der Waals surface area (Å²) in [6, 6.07) is 62.8. The maximum atomic E-state index is 6.37. The summed E-state index contributed by atoms with van der Waals surface area (Å²) in [4.78, 5) is 11.3. The summed E-state index contributed by atoms with van der Waals surface area (Å²) in [5.74, 6) is 0.648. The highest BCUT2D eigenvalue weighted by Gasteiger charge is 2.23. The fraction of sp³-hybridized carbons (Fsp3) is 0. The Morgan fingerprint density at radius 1 is 0.404 bits per heavy atom. The van der Waals surface area contributed by atoms with E-state index in [9.17, 15) is 0 Å². The molecule has 0 fully saturated rings. The van der Waals surface area contributed by atoms with Crippen molar-refractivity contribution in [3.63, 3.8) is 0 Å². The van der Waals surface area contributed by atoms with Gasteiger partial charge in [-0.1, -0.05) is 140 Å². The molecule has 4 heterocycles. The van der Waals surface area contributed by atoms with Crippen LogP contribution in [-0.4, -0.2) is 14.5 Å². The Morgan fingerprint density at radius 2 is 1.09 bits per heavy atom. The third kappa shape index (κ3) is 4.37. The predicted octanol–water partition coefficient (Wildman–Crippen LogP) is 14.6. The van der Waals surface area contributed by atoms with Crippen LogP contribution in [0.1, 0.15) is 0 Å². The van der Waals surface area contributed by atoms with Crippen molar-refractivity contribution in [1.29, 1.82) is 0 Å². The first-order valence-electron chi connectivity index (χ1n) is 19.2. The first-order valence-corrected chi connectivity index (χ1v) is 20.1. The highest BCUT2D eigenvalue weighted by molar-refractivity contribution is 7.27. The van der Waals surface area contributed by atoms with Gasteiger partial charge >= 0.3 is 0 Å². The lowest BCUT2D eigenvalue weighted by atomic mass is 9.98. The molecule has 13 aromatic rings. The van der Waals surface area contributed by atoms with E-state index in [4.69, 9.17) is 14.4 Å². The second-order valence-electron chi connectivity index (χ2n) is 14.9. The van der Waals surface area contributed by atoms with Gasteiger partial charge in [0.15, 0.2) is 0 Å². The molecule has 0 aliphatic carbocycles. The summed E-state index contributed by atoms with van der Waals surface area (Å²) in [6.45, 7) is 0. The van der Waals surface area contributed by atoms with Crippen molar-refractivity contribution in [1.82, 2.24) is 14.5 Å². The first kappa shape index (κ1) is 30.9. The van der Waals surface area contributed by atoms with E-state index >= 15 is 0 Å². The molecule has 0 unspecified atom stereocenters. The van der Waals surface area contributed by atoms with Crippen molar-refractivity contribution < 1.29 is 4.42 Å². The Labute approximate surface area is 329 Å². The van der Waals surface area contributed by atoms with Crippen LogP contribution in [-0.2, 0) is 0 Å². The molecular formula is C52H29N3OS. The van der Waals surface area contributed by atoms with E-state index in [0.29, 0.717) is 5.95 Å². The van der Waals surface area contributed by atoms with Gasteiger partial charge in [-0.05, 0) is 74.5 Å². The monoisotopic (exact) mass is 743 g/mol. The molecule has 264 valence electrons. The molecule has 4 nitrogen and oxygen atoms in total. The lowest BCUT2D eigenvalue weighted by Crippen LogP contribution is -2.03. The van der Waals surface area contributed by atoms with E-state index in [2.05, 4.69) is 168 Å². The number of hydrogen-bond donors (Lipinski definition) is 0. The summed E-state index contributed by atoms with van der Waals surface area (Å²) in [7, 11) is 0. The van der Waals surface area contributed by atoms with E-state index in [1.54, 1.807) is 11.3 Å². The molecule has 0 saturated carbocycles. The number of nitrogens with zero attached hydrogens (tertiary/aromatic N) is 3. The molecular weight excluding hydrogens is 715 g/mol. The van der Waals surface area contributed by atoms with Crippen LogP contribution in [0.15, 0.2) is 180 Å². The molecule has 0 saturated heterocycles.